The fraction of sp³-hybridized carbons (Fsp3) is 0.238. The molecular formula is C21H20F2N2O3. The molecule has 5 nitrogen and oxygen atoms in total. The van der Waals surface area contributed by atoms with Crippen molar-refractivity contribution >= 4 is 5.91 Å². The fourth-order valence-corrected chi connectivity index (χ4v) is 2.53. The van der Waals surface area contributed by atoms with E-state index in [0.29, 0.717) is 37.0 Å². The van der Waals surface area contributed by atoms with Gasteiger partial charge in [-0.15, -0.1) is 0 Å². The van der Waals surface area contributed by atoms with Crippen LogP contribution in [0.4, 0.5) is 8.78 Å². The van der Waals surface area contributed by atoms with Crippen LogP contribution in [0, 0.1) is 11.6 Å². The lowest BCUT2D eigenvalue weighted by Gasteiger charge is -2.17. The van der Waals surface area contributed by atoms with E-state index in [-0.39, 0.29) is 24.0 Å². The zero-order valence-electron chi connectivity index (χ0n) is 15.4. The summed E-state index contributed by atoms with van der Waals surface area (Å²) in [6.07, 6.45) is 2.17. The molecule has 0 saturated heterocycles. The number of amides is 1. The quantitative estimate of drug-likeness (QED) is 0.585. The van der Waals surface area contributed by atoms with Crippen LogP contribution >= 0.6 is 0 Å². The number of hydrogen-bond acceptors (Lipinski definition) is 4. The Morgan fingerprint density at radius 1 is 1.07 bits per heavy atom. The molecule has 0 atom stereocenters. The Balaban J connectivity index is 1.43. The number of carbonyl (C=O) groups is 1. The van der Waals surface area contributed by atoms with Crippen LogP contribution in [0.1, 0.15) is 12.3 Å². The number of aryl methyl sites for hydroxylation is 1. The van der Waals surface area contributed by atoms with E-state index in [4.69, 9.17) is 9.15 Å². The van der Waals surface area contributed by atoms with E-state index >= 15 is 0 Å². The van der Waals surface area contributed by atoms with Gasteiger partial charge in [-0.05, 0) is 48.5 Å². The van der Waals surface area contributed by atoms with Crippen molar-refractivity contribution in [2.45, 2.75) is 12.8 Å². The standard InChI is InChI=1S/C21H20F2N2O3/c1-25(12-13-27-18-8-6-17(23)7-9-18)21(26)11-10-20-24-14-19(28-20)15-2-4-16(22)5-3-15/h2-9,14H,10-13H2,1H3. The van der Waals surface area contributed by atoms with E-state index in [1.165, 1.54) is 24.3 Å². The van der Waals surface area contributed by atoms with Crippen molar-refractivity contribution in [3.63, 3.8) is 0 Å². The normalized spacial score (nSPS) is 10.7. The van der Waals surface area contributed by atoms with Gasteiger partial charge in [0, 0.05) is 25.5 Å². The molecule has 28 heavy (non-hydrogen) atoms. The molecule has 0 N–H and O–H groups in total. The van der Waals surface area contributed by atoms with Gasteiger partial charge in [0.25, 0.3) is 0 Å². The molecular weight excluding hydrogens is 366 g/mol. The fourth-order valence-electron chi connectivity index (χ4n) is 2.53. The highest BCUT2D eigenvalue weighted by molar-refractivity contribution is 5.76. The van der Waals surface area contributed by atoms with Gasteiger partial charge in [0.2, 0.25) is 5.91 Å². The molecule has 1 heterocycles. The van der Waals surface area contributed by atoms with E-state index in [9.17, 15) is 13.6 Å². The van der Waals surface area contributed by atoms with Crippen molar-refractivity contribution in [1.29, 1.82) is 0 Å². The predicted octanol–water partition coefficient (Wildman–Crippen LogP) is 4.09. The van der Waals surface area contributed by atoms with Crippen molar-refractivity contribution in [1.82, 2.24) is 9.88 Å². The molecule has 0 radical (unpaired) electrons. The molecule has 146 valence electrons. The van der Waals surface area contributed by atoms with Gasteiger partial charge in [-0.25, -0.2) is 13.8 Å². The number of oxazole rings is 1. The molecule has 0 bridgehead atoms. The number of benzene rings is 2. The second-order valence-electron chi connectivity index (χ2n) is 6.24. The Hall–Kier alpha value is -3.22. The lowest BCUT2D eigenvalue weighted by atomic mass is 10.2. The van der Waals surface area contributed by atoms with Gasteiger partial charge in [0.1, 0.15) is 24.0 Å². The van der Waals surface area contributed by atoms with E-state index < -0.39 is 0 Å². The van der Waals surface area contributed by atoms with Crippen LogP contribution < -0.4 is 4.74 Å². The van der Waals surface area contributed by atoms with E-state index in [2.05, 4.69) is 4.98 Å². The van der Waals surface area contributed by atoms with Gasteiger partial charge in [-0.1, -0.05) is 0 Å². The third kappa shape index (κ3) is 5.39. The molecule has 0 aliphatic carbocycles. The van der Waals surface area contributed by atoms with Gasteiger partial charge < -0.3 is 14.1 Å². The van der Waals surface area contributed by atoms with Crippen molar-refractivity contribution in [3.8, 4) is 17.1 Å². The maximum atomic E-state index is 13.0. The first-order chi connectivity index (χ1) is 13.5. The lowest BCUT2D eigenvalue weighted by Crippen LogP contribution is -2.31. The molecule has 0 spiro atoms. The average Bonchev–Trinajstić information content (AvgIpc) is 3.17. The van der Waals surface area contributed by atoms with Gasteiger partial charge in [0.05, 0.1) is 12.7 Å². The molecule has 0 aliphatic rings. The summed E-state index contributed by atoms with van der Waals surface area (Å²) in [5.74, 6) is 0.820. The van der Waals surface area contributed by atoms with Crippen LogP contribution in [0.25, 0.3) is 11.3 Å². The largest absolute Gasteiger partial charge is 0.492 e. The van der Waals surface area contributed by atoms with Crippen molar-refractivity contribution in [2.24, 2.45) is 0 Å². The smallest absolute Gasteiger partial charge is 0.222 e. The molecule has 0 unspecified atom stereocenters. The molecule has 2 aromatic carbocycles. The average molecular weight is 386 g/mol. The number of rotatable bonds is 8. The van der Waals surface area contributed by atoms with Gasteiger partial charge in [-0.3, -0.25) is 4.79 Å². The third-order valence-corrected chi connectivity index (χ3v) is 4.17. The molecule has 0 aliphatic heterocycles. The molecule has 0 fully saturated rings. The van der Waals surface area contributed by atoms with E-state index in [0.717, 1.165) is 5.56 Å². The highest BCUT2D eigenvalue weighted by Crippen LogP contribution is 2.21. The third-order valence-electron chi connectivity index (χ3n) is 4.17. The number of aromatic nitrogens is 1. The number of likely N-dealkylation sites (N-methyl/N-ethyl adjacent to an activating group) is 1. The van der Waals surface area contributed by atoms with Crippen LogP contribution in [0.2, 0.25) is 0 Å². The van der Waals surface area contributed by atoms with Crippen molar-refractivity contribution in [3.05, 3.63) is 72.3 Å². The number of hydrogen-bond donors (Lipinski definition) is 0. The van der Waals surface area contributed by atoms with Crippen LogP contribution in [0.5, 0.6) is 5.75 Å². The Morgan fingerprint density at radius 3 is 2.39 bits per heavy atom. The molecule has 0 saturated carbocycles. The number of halogens is 2. The maximum Gasteiger partial charge on any atom is 0.222 e. The van der Waals surface area contributed by atoms with E-state index in [1.54, 1.807) is 42.4 Å². The first kappa shape index (κ1) is 19.5. The number of ether oxygens (including phenoxy) is 1. The van der Waals surface area contributed by atoms with E-state index in [1.807, 2.05) is 0 Å². The first-order valence-electron chi connectivity index (χ1n) is 8.84. The van der Waals surface area contributed by atoms with Gasteiger partial charge >= 0.3 is 0 Å². The number of carbonyl (C=O) groups excluding carboxylic acids is 1. The van der Waals surface area contributed by atoms with Crippen LogP contribution in [-0.2, 0) is 11.2 Å². The summed E-state index contributed by atoms with van der Waals surface area (Å²) >= 11 is 0. The summed E-state index contributed by atoms with van der Waals surface area (Å²) in [5, 5.41) is 0. The molecule has 3 rings (SSSR count). The Kier molecular flexibility index (Phi) is 6.37. The first-order valence-corrected chi connectivity index (χ1v) is 8.84. The Morgan fingerprint density at radius 2 is 1.71 bits per heavy atom. The zero-order chi connectivity index (χ0) is 19.9. The molecule has 1 aromatic heterocycles. The zero-order valence-corrected chi connectivity index (χ0v) is 15.4. The highest BCUT2D eigenvalue weighted by atomic mass is 19.1. The second-order valence-corrected chi connectivity index (χ2v) is 6.24. The van der Waals surface area contributed by atoms with Crippen LogP contribution in [0.15, 0.2) is 59.1 Å². The summed E-state index contributed by atoms with van der Waals surface area (Å²) in [7, 11) is 1.69. The summed E-state index contributed by atoms with van der Waals surface area (Å²) in [5.41, 5.74) is 0.724. The second kappa shape index (κ2) is 9.12. The molecule has 7 heteroatoms. The summed E-state index contributed by atoms with van der Waals surface area (Å²) in [6.45, 7) is 0.713. The van der Waals surface area contributed by atoms with Crippen LogP contribution in [0.3, 0.4) is 0 Å². The summed E-state index contributed by atoms with van der Waals surface area (Å²) < 4.78 is 36.9. The van der Waals surface area contributed by atoms with Crippen molar-refractivity contribution in [2.75, 3.05) is 20.2 Å². The minimum atomic E-state index is -0.325. The van der Waals surface area contributed by atoms with Gasteiger partial charge in [0.15, 0.2) is 11.7 Å². The predicted molar refractivity (Wildman–Crippen MR) is 99.8 cm³/mol. The minimum Gasteiger partial charge on any atom is -0.492 e. The summed E-state index contributed by atoms with van der Waals surface area (Å²) in [4.78, 5) is 18.0. The lowest BCUT2D eigenvalue weighted by molar-refractivity contribution is -0.130. The number of nitrogens with zero attached hydrogens (tertiary/aromatic N) is 2. The topological polar surface area (TPSA) is 55.6 Å². The SMILES string of the molecule is CN(CCOc1ccc(F)cc1)C(=O)CCc1ncc(-c2ccc(F)cc2)o1. The monoisotopic (exact) mass is 386 g/mol. The van der Waals surface area contributed by atoms with Crippen molar-refractivity contribution < 1.29 is 22.7 Å². The maximum absolute atomic E-state index is 13.0. The Labute approximate surface area is 161 Å². The van der Waals surface area contributed by atoms with Gasteiger partial charge in [-0.2, -0.15) is 0 Å². The highest BCUT2D eigenvalue weighted by Gasteiger charge is 2.12. The molecule has 3 aromatic rings. The minimum absolute atomic E-state index is 0.0655. The molecule has 1 amide bonds. The Bertz CT molecular complexity index is 908. The van der Waals surface area contributed by atoms with Crippen LogP contribution in [-0.4, -0.2) is 36.0 Å². The summed E-state index contributed by atoms with van der Waals surface area (Å²) in [6, 6.07) is 11.6.